The first-order chi connectivity index (χ1) is 9.61. The van der Waals surface area contributed by atoms with Crippen molar-refractivity contribution in [1.82, 2.24) is 10.6 Å². The highest BCUT2D eigenvalue weighted by atomic mass is 32.2. The van der Waals surface area contributed by atoms with E-state index in [4.69, 9.17) is 0 Å². The molecule has 3 N–H and O–H groups in total. The molecule has 0 aliphatic heterocycles. The van der Waals surface area contributed by atoms with Crippen molar-refractivity contribution in [2.24, 2.45) is 0 Å². The van der Waals surface area contributed by atoms with Crippen LogP contribution in [0.2, 0.25) is 0 Å². The lowest BCUT2D eigenvalue weighted by atomic mass is 9.85. The molecule has 2 fully saturated rings. The van der Waals surface area contributed by atoms with Crippen LogP contribution in [0.25, 0.3) is 0 Å². The Balaban J connectivity index is 1.65. The topological polar surface area (TPSA) is 61.4 Å². The standard InChI is InChI=1S/C15H28N2O2S/c1-2-20-13-7-6-12(10-13)17-14(18)16-11-15(19)8-4-3-5-9-15/h12-13,19H,2-11H2,1H3,(H2,16,17,18). The van der Waals surface area contributed by atoms with Gasteiger partial charge in [-0.3, -0.25) is 0 Å². The molecule has 0 aromatic rings. The quantitative estimate of drug-likeness (QED) is 0.731. The Morgan fingerprint density at radius 1 is 1.30 bits per heavy atom. The van der Waals surface area contributed by atoms with E-state index in [0.29, 0.717) is 17.8 Å². The van der Waals surface area contributed by atoms with Gasteiger partial charge in [-0.25, -0.2) is 4.79 Å². The lowest BCUT2D eigenvalue weighted by Crippen LogP contribution is -2.49. The monoisotopic (exact) mass is 300 g/mol. The molecule has 116 valence electrons. The zero-order chi connectivity index (χ0) is 14.4. The summed E-state index contributed by atoms with van der Waals surface area (Å²) >= 11 is 1.99. The molecule has 2 aliphatic rings. The molecule has 0 spiro atoms. The minimum atomic E-state index is -0.675. The predicted octanol–water partition coefficient (Wildman–Crippen LogP) is 2.66. The van der Waals surface area contributed by atoms with Gasteiger partial charge < -0.3 is 15.7 Å². The van der Waals surface area contributed by atoms with Gasteiger partial charge in [0.1, 0.15) is 0 Å². The molecule has 4 nitrogen and oxygen atoms in total. The number of hydrogen-bond acceptors (Lipinski definition) is 3. The van der Waals surface area contributed by atoms with Gasteiger partial charge in [-0.1, -0.05) is 26.2 Å². The third-order valence-corrected chi connectivity index (χ3v) is 5.72. The first-order valence-electron chi connectivity index (χ1n) is 8.00. The second-order valence-corrected chi connectivity index (χ2v) is 7.78. The first kappa shape index (κ1) is 16.0. The first-order valence-corrected chi connectivity index (χ1v) is 9.04. The van der Waals surface area contributed by atoms with E-state index in [-0.39, 0.29) is 6.03 Å². The Morgan fingerprint density at radius 3 is 2.75 bits per heavy atom. The molecule has 0 radical (unpaired) electrons. The van der Waals surface area contributed by atoms with E-state index in [1.165, 1.54) is 12.8 Å². The van der Waals surface area contributed by atoms with Crippen molar-refractivity contribution in [2.45, 2.75) is 75.2 Å². The highest BCUT2D eigenvalue weighted by Crippen LogP contribution is 2.30. The summed E-state index contributed by atoms with van der Waals surface area (Å²) in [5, 5.41) is 17.0. The smallest absolute Gasteiger partial charge is 0.315 e. The summed E-state index contributed by atoms with van der Waals surface area (Å²) in [4.78, 5) is 11.9. The van der Waals surface area contributed by atoms with E-state index in [1.54, 1.807) is 0 Å². The van der Waals surface area contributed by atoms with Crippen LogP contribution in [0, 0.1) is 0 Å². The van der Waals surface area contributed by atoms with Crippen molar-refractivity contribution in [3.8, 4) is 0 Å². The molecular formula is C15H28N2O2S. The van der Waals surface area contributed by atoms with E-state index in [2.05, 4.69) is 17.6 Å². The van der Waals surface area contributed by atoms with Crippen LogP contribution < -0.4 is 10.6 Å². The zero-order valence-electron chi connectivity index (χ0n) is 12.5. The Labute approximate surface area is 126 Å². The number of aliphatic hydroxyl groups is 1. The van der Waals surface area contributed by atoms with Crippen molar-refractivity contribution in [1.29, 1.82) is 0 Å². The third-order valence-electron chi connectivity index (χ3n) is 4.48. The Morgan fingerprint density at radius 2 is 2.05 bits per heavy atom. The van der Waals surface area contributed by atoms with Gasteiger partial charge in [-0.05, 0) is 37.9 Å². The average Bonchev–Trinajstić information content (AvgIpc) is 2.85. The summed E-state index contributed by atoms with van der Waals surface area (Å²) in [6, 6.07) is 0.191. The maximum Gasteiger partial charge on any atom is 0.315 e. The molecule has 0 aromatic carbocycles. The van der Waals surface area contributed by atoms with Gasteiger partial charge in [0, 0.05) is 17.8 Å². The fraction of sp³-hybridized carbons (Fsp3) is 0.933. The normalized spacial score (nSPS) is 29.1. The van der Waals surface area contributed by atoms with Gasteiger partial charge in [-0.2, -0.15) is 11.8 Å². The molecule has 2 aliphatic carbocycles. The van der Waals surface area contributed by atoms with Crippen LogP contribution >= 0.6 is 11.8 Å². The summed E-state index contributed by atoms with van der Waals surface area (Å²) in [5.74, 6) is 1.15. The van der Waals surface area contributed by atoms with Gasteiger partial charge in [-0.15, -0.1) is 0 Å². The minimum Gasteiger partial charge on any atom is -0.388 e. The fourth-order valence-electron chi connectivity index (χ4n) is 3.33. The number of urea groups is 1. The predicted molar refractivity (Wildman–Crippen MR) is 84.1 cm³/mol. The second kappa shape index (κ2) is 7.55. The van der Waals surface area contributed by atoms with E-state index in [1.807, 2.05) is 11.8 Å². The summed E-state index contributed by atoms with van der Waals surface area (Å²) in [5.41, 5.74) is -0.675. The molecule has 20 heavy (non-hydrogen) atoms. The molecule has 0 bridgehead atoms. The number of rotatable bonds is 5. The molecular weight excluding hydrogens is 272 g/mol. The van der Waals surface area contributed by atoms with Crippen LogP contribution in [0.1, 0.15) is 58.3 Å². The highest BCUT2D eigenvalue weighted by Gasteiger charge is 2.30. The van der Waals surface area contributed by atoms with Gasteiger partial charge in [0.05, 0.1) is 5.60 Å². The molecule has 0 saturated heterocycles. The van der Waals surface area contributed by atoms with E-state index in [9.17, 15) is 9.90 Å². The molecule has 0 aromatic heterocycles. The maximum atomic E-state index is 11.9. The molecule has 2 rings (SSSR count). The molecule has 5 heteroatoms. The van der Waals surface area contributed by atoms with E-state index in [0.717, 1.165) is 44.3 Å². The maximum absolute atomic E-state index is 11.9. The number of amides is 2. The van der Waals surface area contributed by atoms with Crippen LogP contribution in [-0.4, -0.2) is 40.3 Å². The molecule has 2 amide bonds. The van der Waals surface area contributed by atoms with Crippen molar-refractivity contribution in [3.63, 3.8) is 0 Å². The molecule has 2 saturated carbocycles. The van der Waals surface area contributed by atoms with E-state index < -0.39 is 5.60 Å². The molecule has 2 atom stereocenters. The van der Waals surface area contributed by atoms with Crippen molar-refractivity contribution in [2.75, 3.05) is 12.3 Å². The summed E-state index contributed by atoms with van der Waals surface area (Å²) in [6.07, 6.45) is 8.32. The second-order valence-electron chi connectivity index (χ2n) is 6.20. The largest absolute Gasteiger partial charge is 0.388 e. The van der Waals surface area contributed by atoms with Crippen LogP contribution in [0.4, 0.5) is 4.79 Å². The Hall–Kier alpha value is -0.420. The van der Waals surface area contributed by atoms with Gasteiger partial charge in [0.15, 0.2) is 0 Å². The third kappa shape index (κ3) is 4.85. The van der Waals surface area contributed by atoms with Crippen molar-refractivity contribution in [3.05, 3.63) is 0 Å². The Kier molecular flexibility index (Phi) is 6.02. The summed E-state index contributed by atoms with van der Waals surface area (Å²) < 4.78 is 0. The molecule has 2 unspecified atom stereocenters. The van der Waals surface area contributed by atoms with Crippen LogP contribution in [0.3, 0.4) is 0 Å². The highest BCUT2D eigenvalue weighted by molar-refractivity contribution is 7.99. The van der Waals surface area contributed by atoms with Crippen LogP contribution in [0.15, 0.2) is 0 Å². The average molecular weight is 300 g/mol. The summed E-state index contributed by atoms with van der Waals surface area (Å²) in [6.45, 7) is 2.57. The Bertz CT molecular complexity index is 319. The number of carbonyl (C=O) groups excluding carboxylic acids is 1. The van der Waals surface area contributed by atoms with Crippen LogP contribution in [0.5, 0.6) is 0 Å². The summed E-state index contributed by atoms with van der Waals surface area (Å²) in [7, 11) is 0. The van der Waals surface area contributed by atoms with Crippen molar-refractivity contribution < 1.29 is 9.90 Å². The van der Waals surface area contributed by atoms with Gasteiger partial charge >= 0.3 is 6.03 Å². The SMILES string of the molecule is CCSC1CCC(NC(=O)NCC2(O)CCCCC2)C1. The number of thioether (sulfide) groups is 1. The lowest BCUT2D eigenvalue weighted by Gasteiger charge is -2.32. The molecule has 0 heterocycles. The van der Waals surface area contributed by atoms with Crippen molar-refractivity contribution >= 4 is 17.8 Å². The fourth-order valence-corrected chi connectivity index (χ4v) is 4.47. The minimum absolute atomic E-state index is 0.115. The van der Waals surface area contributed by atoms with Gasteiger partial charge in [0.25, 0.3) is 0 Å². The van der Waals surface area contributed by atoms with E-state index >= 15 is 0 Å². The number of nitrogens with one attached hydrogen (secondary N) is 2. The van der Waals surface area contributed by atoms with Crippen LogP contribution in [-0.2, 0) is 0 Å². The number of hydrogen-bond donors (Lipinski definition) is 3. The number of carbonyl (C=O) groups is 1. The lowest BCUT2D eigenvalue weighted by molar-refractivity contribution is 0.00713. The zero-order valence-corrected chi connectivity index (χ0v) is 13.3. The van der Waals surface area contributed by atoms with Gasteiger partial charge in [0.2, 0.25) is 0 Å².